The van der Waals surface area contributed by atoms with Gasteiger partial charge >= 0.3 is 0 Å². The van der Waals surface area contributed by atoms with Crippen molar-refractivity contribution in [2.24, 2.45) is 5.92 Å². The summed E-state index contributed by atoms with van der Waals surface area (Å²) >= 11 is 9.02. The second-order valence-electron chi connectivity index (χ2n) is 4.55. The van der Waals surface area contributed by atoms with Crippen LogP contribution in [0.4, 0.5) is 4.39 Å². The summed E-state index contributed by atoms with van der Waals surface area (Å²) in [6.07, 6.45) is 3.00. The summed E-state index contributed by atoms with van der Waals surface area (Å²) in [4.78, 5) is 12.0. The van der Waals surface area contributed by atoms with Crippen molar-refractivity contribution >= 4 is 33.4 Å². The van der Waals surface area contributed by atoms with Gasteiger partial charge in [0.2, 0.25) is 0 Å². The third-order valence-corrected chi connectivity index (χ3v) is 4.24. The molecule has 1 aliphatic rings. The molecule has 2 nitrogen and oxygen atoms in total. The molecule has 0 bridgehead atoms. The third-order valence-electron chi connectivity index (χ3n) is 3.35. The average molecular weight is 335 g/mol. The van der Waals surface area contributed by atoms with Crippen molar-refractivity contribution in [3.8, 4) is 0 Å². The van der Waals surface area contributed by atoms with Gasteiger partial charge in [-0.3, -0.25) is 4.79 Å². The number of hydrogen-bond donors (Lipinski definition) is 1. The molecule has 1 aromatic carbocycles. The SMILES string of the molecule is O=C(NC1CCCC1CCl)c1ccc(Br)cc1F. The van der Waals surface area contributed by atoms with E-state index in [1.807, 2.05) is 0 Å². The molecule has 5 heteroatoms. The second-order valence-corrected chi connectivity index (χ2v) is 5.77. The first-order valence-electron chi connectivity index (χ1n) is 5.93. The Morgan fingerprint density at radius 1 is 1.50 bits per heavy atom. The van der Waals surface area contributed by atoms with Gasteiger partial charge in [-0.15, -0.1) is 11.6 Å². The highest BCUT2D eigenvalue weighted by molar-refractivity contribution is 9.10. The Morgan fingerprint density at radius 2 is 2.28 bits per heavy atom. The van der Waals surface area contributed by atoms with Gasteiger partial charge in [0.1, 0.15) is 5.82 Å². The van der Waals surface area contributed by atoms with Crippen LogP contribution in [0, 0.1) is 11.7 Å². The summed E-state index contributed by atoms with van der Waals surface area (Å²) in [7, 11) is 0. The first-order chi connectivity index (χ1) is 8.61. The van der Waals surface area contributed by atoms with E-state index in [-0.39, 0.29) is 17.5 Å². The van der Waals surface area contributed by atoms with Crippen molar-refractivity contribution in [1.82, 2.24) is 5.32 Å². The lowest BCUT2D eigenvalue weighted by Crippen LogP contribution is -2.38. The van der Waals surface area contributed by atoms with Crippen molar-refractivity contribution in [2.75, 3.05) is 5.88 Å². The van der Waals surface area contributed by atoms with Crippen LogP contribution in [0.3, 0.4) is 0 Å². The van der Waals surface area contributed by atoms with Crippen LogP contribution < -0.4 is 5.32 Å². The van der Waals surface area contributed by atoms with Gasteiger partial charge in [0.25, 0.3) is 5.91 Å². The zero-order valence-corrected chi connectivity index (χ0v) is 12.1. The molecule has 0 saturated heterocycles. The van der Waals surface area contributed by atoms with Gasteiger partial charge in [0, 0.05) is 16.4 Å². The molecule has 1 aliphatic carbocycles. The molecular formula is C13H14BrClFNO. The van der Waals surface area contributed by atoms with E-state index in [1.54, 1.807) is 6.07 Å². The molecule has 0 radical (unpaired) electrons. The predicted molar refractivity (Wildman–Crippen MR) is 73.4 cm³/mol. The standard InChI is InChI=1S/C13H14BrClFNO/c14-9-4-5-10(11(16)6-9)13(18)17-12-3-1-2-8(12)7-15/h4-6,8,12H,1-3,7H2,(H,17,18). The maximum Gasteiger partial charge on any atom is 0.254 e. The molecule has 1 N–H and O–H groups in total. The molecule has 2 atom stereocenters. The molecule has 1 saturated carbocycles. The second kappa shape index (κ2) is 6.02. The zero-order valence-electron chi connectivity index (χ0n) is 9.76. The van der Waals surface area contributed by atoms with Crippen molar-refractivity contribution in [1.29, 1.82) is 0 Å². The summed E-state index contributed by atoms with van der Waals surface area (Å²) in [6.45, 7) is 0. The van der Waals surface area contributed by atoms with Crippen LogP contribution in [0.2, 0.25) is 0 Å². The molecule has 98 valence electrons. The van der Waals surface area contributed by atoms with Crippen LogP contribution >= 0.6 is 27.5 Å². The van der Waals surface area contributed by atoms with Crippen LogP contribution in [0.25, 0.3) is 0 Å². The Balaban J connectivity index is 2.07. The molecule has 2 rings (SSSR count). The first-order valence-corrected chi connectivity index (χ1v) is 7.26. The Morgan fingerprint density at radius 3 is 2.94 bits per heavy atom. The highest BCUT2D eigenvalue weighted by Crippen LogP contribution is 2.27. The van der Waals surface area contributed by atoms with Crippen LogP contribution in [-0.2, 0) is 0 Å². The fraction of sp³-hybridized carbons (Fsp3) is 0.462. The maximum absolute atomic E-state index is 13.6. The molecule has 2 unspecified atom stereocenters. The van der Waals surface area contributed by atoms with Gasteiger partial charge in [-0.25, -0.2) is 4.39 Å². The largest absolute Gasteiger partial charge is 0.349 e. The fourth-order valence-corrected chi connectivity index (χ4v) is 3.03. The van der Waals surface area contributed by atoms with E-state index in [2.05, 4.69) is 21.2 Å². The summed E-state index contributed by atoms with van der Waals surface area (Å²) < 4.78 is 14.3. The monoisotopic (exact) mass is 333 g/mol. The zero-order chi connectivity index (χ0) is 13.1. The summed E-state index contributed by atoms with van der Waals surface area (Å²) in [5.41, 5.74) is 0.0819. The van der Waals surface area contributed by atoms with Gasteiger partial charge in [-0.1, -0.05) is 22.4 Å². The van der Waals surface area contributed by atoms with Crippen molar-refractivity contribution in [3.63, 3.8) is 0 Å². The number of alkyl halides is 1. The summed E-state index contributed by atoms with van der Waals surface area (Å²) in [5.74, 6) is -0.0354. The minimum Gasteiger partial charge on any atom is -0.349 e. The topological polar surface area (TPSA) is 29.1 Å². The van der Waals surface area contributed by atoms with E-state index in [0.717, 1.165) is 19.3 Å². The first kappa shape index (κ1) is 13.8. The molecule has 0 spiro atoms. The van der Waals surface area contributed by atoms with Crippen molar-refractivity contribution in [3.05, 3.63) is 34.1 Å². The number of amides is 1. The van der Waals surface area contributed by atoms with Gasteiger partial charge in [-0.2, -0.15) is 0 Å². The Bertz CT molecular complexity index is 455. The Labute approximate surface area is 119 Å². The van der Waals surface area contributed by atoms with Crippen LogP contribution in [-0.4, -0.2) is 17.8 Å². The number of carbonyl (C=O) groups excluding carboxylic acids is 1. The van der Waals surface area contributed by atoms with E-state index in [0.29, 0.717) is 16.3 Å². The summed E-state index contributed by atoms with van der Waals surface area (Å²) in [6, 6.07) is 4.51. The number of rotatable bonds is 3. The van der Waals surface area contributed by atoms with Gasteiger partial charge in [0.05, 0.1) is 5.56 Å². The predicted octanol–water partition coefficient (Wildman–Crippen LogP) is 3.73. The molecule has 1 amide bonds. The van der Waals surface area contributed by atoms with E-state index in [1.165, 1.54) is 12.1 Å². The minimum absolute atomic E-state index is 0.0676. The normalized spacial score (nSPS) is 23.1. The van der Waals surface area contributed by atoms with Crippen LogP contribution in [0.1, 0.15) is 29.6 Å². The molecular weight excluding hydrogens is 321 g/mol. The van der Waals surface area contributed by atoms with E-state index < -0.39 is 5.82 Å². The van der Waals surface area contributed by atoms with Crippen molar-refractivity contribution < 1.29 is 9.18 Å². The molecule has 18 heavy (non-hydrogen) atoms. The Kier molecular flexibility index (Phi) is 4.62. The minimum atomic E-state index is -0.512. The highest BCUT2D eigenvalue weighted by Gasteiger charge is 2.28. The number of hydrogen-bond acceptors (Lipinski definition) is 1. The van der Waals surface area contributed by atoms with E-state index in [9.17, 15) is 9.18 Å². The number of halogens is 3. The lowest BCUT2D eigenvalue weighted by Gasteiger charge is -2.19. The lowest BCUT2D eigenvalue weighted by atomic mass is 10.1. The van der Waals surface area contributed by atoms with Crippen LogP contribution in [0.15, 0.2) is 22.7 Å². The Hall–Kier alpha value is -0.610. The number of carbonyl (C=O) groups is 1. The average Bonchev–Trinajstić information content (AvgIpc) is 2.76. The summed E-state index contributed by atoms with van der Waals surface area (Å²) in [5, 5.41) is 2.88. The molecule has 0 heterocycles. The molecule has 0 aliphatic heterocycles. The maximum atomic E-state index is 13.6. The van der Waals surface area contributed by atoms with E-state index in [4.69, 9.17) is 11.6 Å². The van der Waals surface area contributed by atoms with Gasteiger partial charge in [0.15, 0.2) is 0 Å². The number of nitrogens with one attached hydrogen (secondary N) is 1. The smallest absolute Gasteiger partial charge is 0.254 e. The van der Waals surface area contributed by atoms with Gasteiger partial charge < -0.3 is 5.32 Å². The molecule has 0 aromatic heterocycles. The van der Waals surface area contributed by atoms with Crippen molar-refractivity contribution in [2.45, 2.75) is 25.3 Å². The van der Waals surface area contributed by atoms with Gasteiger partial charge in [-0.05, 0) is 37.0 Å². The van der Waals surface area contributed by atoms with Crippen LogP contribution in [0.5, 0.6) is 0 Å². The third kappa shape index (κ3) is 3.04. The number of benzene rings is 1. The highest BCUT2D eigenvalue weighted by atomic mass is 79.9. The van der Waals surface area contributed by atoms with E-state index >= 15 is 0 Å². The molecule has 1 aromatic rings. The quantitative estimate of drug-likeness (QED) is 0.839. The molecule has 1 fully saturated rings. The lowest BCUT2D eigenvalue weighted by molar-refractivity contribution is 0.0926. The fourth-order valence-electron chi connectivity index (χ4n) is 2.33.